The molecule has 2 N–H and O–H groups in total. The number of esters is 1. The average molecular weight is 350 g/mol. The van der Waals surface area contributed by atoms with Gasteiger partial charge in [0, 0.05) is 10.2 Å². The number of carbonyl (C=O) groups excluding carboxylic acids is 1. The van der Waals surface area contributed by atoms with Crippen LogP contribution in [0.3, 0.4) is 0 Å². The van der Waals surface area contributed by atoms with Crippen molar-refractivity contribution in [3.63, 3.8) is 0 Å². The molecule has 110 valence electrons. The summed E-state index contributed by atoms with van der Waals surface area (Å²) in [5, 5.41) is 0. The van der Waals surface area contributed by atoms with E-state index in [9.17, 15) is 4.79 Å². The Morgan fingerprint density at radius 1 is 1.14 bits per heavy atom. The Kier molecular flexibility index (Phi) is 5.36. The first-order chi connectivity index (χ1) is 10.1. The van der Waals surface area contributed by atoms with Gasteiger partial charge in [-0.1, -0.05) is 40.2 Å². The van der Waals surface area contributed by atoms with Crippen molar-refractivity contribution in [3.8, 4) is 0 Å². The lowest BCUT2D eigenvalue weighted by molar-refractivity contribution is 0.0591. The largest absolute Gasteiger partial charge is 0.465 e. The Hall–Kier alpha value is -1.85. The highest BCUT2D eigenvalue weighted by molar-refractivity contribution is 9.10. The Balaban J connectivity index is 2.05. The van der Waals surface area contributed by atoms with Crippen molar-refractivity contribution >= 4 is 27.6 Å². The first kappa shape index (κ1) is 15.5. The fourth-order valence-electron chi connectivity index (χ4n) is 1.95. The van der Waals surface area contributed by atoms with Gasteiger partial charge >= 0.3 is 5.97 Å². The second-order valence-corrected chi connectivity index (χ2v) is 5.41. The fraction of sp³-hybridized carbons (Fsp3) is 0.188. The molecule has 0 saturated heterocycles. The topological polar surface area (TPSA) is 61.5 Å². The Morgan fingerprint density at radius 3 is 2.52 bits per heavy atom. The van der Waals surface area contributed by atoms with Crippen LogP contribution in [0.15, 0.2) is 46.9 Å². The minimum absolute atomic E-state index is 0.297. The molecule has 0 unspecified atom stereocenters. The van der Waals surface area contributed by atoms with Crippen LogP contribution in [0.2, 0.25) is 0 Å². The van der Waals surface area contributed by atoms with Gasteiger partial charge in [0.25, 0.3) is 0 Å². The van der Waals surface area contributed by atoms with Crippen LogP contribution in [-0.2, 0) is 22.7 Å². The van der Waals surface area contributed by atoms with E-state index in [4.69, 9.17) is 15.2 Å². The highest BCUT2D eigenvalue weighted by Gasteiger charge is 2.15. The summed E-state index contributed by atoms with van der Waals surface area (Å²) in [4.78, 5) is 11.8. The van der Waals surface area contributed by atoms with Gasteiger partial charge in [0.15, 0.2) is 0 Å². The molecule has 0 spiro atoms. The molecule has 0 atom stereocenters. The van der Waals surface area contributed by atoms with Crippen LogP contribution in [0.5, 0.6) is 0 Å². The van der Waals surface area contributed by atoms with E-state index >= 15 is 0 Å². The van der Waals surface area contributed by atoms with Crippen molar-refractivity contribution in [2.24, 2.45) is 0 Å². The fourth-order valence-corrected chi connectivity index (χ4v) is 2.22. The normalized spacial score (nSPS) is 10.4. The highest BCUT2D eigenvalue weighted by Crippen LogP contribution is 2.20. The summed E-state index contributed by atoms with van der Waals surface area (Å²) < 4.78 is 11.4. The molecular weight excluding hydrogens is 334 g/mol. The lowest BCUT2D eigenvalue weighted by atomic mass is 10.1. The number of anilines is 1. The van der Waals surface area contributed by atoms with Crippen LogP contribution in [-0.4, -0.2) is 13.1 Å². The summed E-state index contributed by atoms with van der Waals surface area (Å²) in [6, 6.07) is 13.1. The summed E-state index contributed by atoms with van der Waals surface area (Å²) in [7, 11) is 1.33. The molecule has 0 bridgehead atoms. The van der Waals surface area contributed by atoms with Gasteiger partial charge < -0.3 is 15.2 Å². The number of nitrogen functional groups attached to an aromatic ring is 1. The zero-order valence-electron chi connectivity index (χ0n) is 11.6. The summed E-state index contributed by atoms with van der Waals surface area (Å²) in [6.45, 7) is 0.758. The number of hydrogen-bond donors (Lipinski definition) is 1. The minimum Gasteiger partial charge on any atom is -0.465 e. The Bertz CT molecular complexity index is 626. The number of nitrogens with two attached hydrogens (primary N) is 1. The quantitative estimate of drug-likeness (QED) is 0.662. The molecule has 2 rings (SSSR count). The standard InChI is InChI=1S/C16H16BrNO3/c1-20-16(19)15-12(3-2-4-14(15)18)10-21-9-11-5-7-13(17)8-6-11/h2-8H,9-10,18H2,1H3. The molecule has 0 amide bonds. The molecule has 0 aliphatic carbocycles. The Labute approximate surface area is 132 Å². The predicted octanol–water partition coefficient (Wildman–Crippen LogP) is 3.53. The highest BCUT2D eigenvalue weighted by atomic mass is 79.9. The van der Waals surface area contributed by atoms with E-state index in [-0.39, 0.29) is 0 Å². The van der Waals surface area contributed by atoms with Crippen molar-refractivity contribution in [2.45, 2.75) is 13.2 Å². The summed E-state index contributed by atoms with van der Waals surface area (Å²) in [5.74, 6) is -0.449. The minimum atomic E-state index is -0.449. The van der Waals surface area contributed by atoms with E-state index in [0.717, 1.165) is 15.6 Å². The monoisotopic (exact) mass is 349 g/mol. The summed E-state index contributed by atoms with van der Waals surface area (Å²) >= 11 is 3.39. The predicted molar refractivity (Wildman–Crippen MR) is 84.8 cm³/mol. The van der Waals surface area contributed by atoms with E-state index in [0.29, 0.717) is 24.5 Å². The van der Waals surface area contributed by atoms with Crippen LogP contribution >= 0.6 is 15.9 Å². The van der Waals surface area contributed by atoms with Crippen molar-refractivity contribution in [1.29, 1.82) is 0 Å². The van der Waals surface area contributed by atoms with Crippen LogP contribution in [0.1, 0.15) is 21.5 Å². The zero-order valence-corrected chi connectivity index (χ0v) is 13.2. The number of carbonyl (C=O) groups is 1. The number of rotatable bonds is 5. The maximum atomic E-state index is 11.8. The maximum Gasteiger partial charge on any atom is 0.340 e. The van der Waals surface area contributed by atoms with Crippen molar-refractivity contribution < 1.29 is 14.3 Å². The molecule has 21 heavy (non-hydrogen) atoms. The second-order valence-electron chi connectivity index (χ2n) is 4.49. The molecular formula is C16H16BrNO3. The van der Waals surface area contributed by atoms with Crippen LogP contribution < -0.4 is 5.73 Å². The SMILES string of the molecule is COC(=O)c1c(N)cccc1COCc1ccc(Br)cc1. The van der Waals surface area contributed by atoms with E-state index in [2.05, 4.69) is 15.9 Å². The third-order valence-corrected chi connectivity index (χ3v) is 3.54. The van der Waals surface area contributed by atoms with Crippen molar-refractivity contribution in [1.82, 2.24) is 0 Å². The number of benzene rings is 2. The van der Waals surface area contributed by atoms with Gasteiger partial charge in [0.2, 0.25) is 0 Å². The molecule has 2 aromatic carbocycles. The second kappa shape index (κ2) is 7.24. The van der Waals surface area contributed by atoms with Crippen LogP contribution in [0.25, 0.3) is 0 Å². The van der Waals surface area contributed by atoms with Crippen LogP contribution in [0, 0.1) is 0 Å². The number of ether oxygens (including phenoxy) is 2. The van der Waals surface area contributed by atoms with Crippen LogP contribution in [0.4, 0.5) is 5.69 Å². The van der Waals surface area contributed by atoms with E-state index in [1.807, 2.05) is 30.3 Å². The molecule has 2 aromatic rings. The third-order valence-electron chi connectivity index (χ3n) is 3.01. The van der Waals surface area contributed by atoms with Gasteiger partial charge in [-0.15, -0.1) is 0 Å². The molecule has 4 nitrogen and oxygen atoms in total. The molecule has 0 aliphatic heterocycles. The molecule has 5 heteroatoms. The average Bonchev–Trinajstić information content (AvgIpc) is 2.49. The van der Waals surface area contributed by atoms with Gasteiger partial charge in [-0.3, -0.25) is 0 Å². The van der Waals surface area contributed by atoms with Crippen molar-refractivity contribution in [3.05, 3.63) is 63.6 Å². The van der Waals surface area contributed by atoms with Gasteiger partial charge in [-0.25, -0.2) is 4.79 Å². The molecule has 0 aromatic heterocycles. The molecule has 0 radical (unpaired) electrons. The number of methoxy groups -OCH3 is 1. The first-order valence-electron chi connectivity index (χ1n) is 6.39. The number of halogens is 1. The third kappa shape index (κ3) is 4.06. The summed E-state index contributed by atoms with van der Waals surface area (Å²) in [6.07, 6.45) is 0. The molecule has 0 fully saturated rings. The number of hydrogen-bond acceptors (Lipinski definition) is 4. The molecule has 0 heterocycles. The first-order valence-corrected chi connectivity index (χ1v) is 7.19. The summed E-state index contributed by atoms with van der Waals surface area (Å²) in [5.41, 5.74) is 8.38. The smallest absolute Gasteiger partial charge is 0.340 e. The van der Waals surface area contributed by atoms with E-state index < -0.39 is 5.97 Å². The van der Waals surface area contributed by atoms with Gasteiger partial charge in [0.05, 0.1) is 25.9 Å². The zero-order chi connectivity index (χ0) is 15.2. The van der Waals surface area contributed by atoms with E-state index in [1.165, 1.54) is 7.11 Å². The van der Waals surface area contributed by atoms with Gasteiger partial charge in [-0.05, 0) is 29.3 Å². The van der Waals surface area contributed by atoms with E-state index in [1.54, 1.807) is 12.1 Å². The molecule has 0 saturated carbocycles. The van der Waals surface area contributed by atoms with Gasteiger partial charge in [-0.2, -0.15) is 0 Å². The lowest BCUT2D eigenvalue weighted by Gasteiger charge is -2.11. The maximum absolute atomic E-state index is 11.8. The lowest BCUT2D eigenvalue weighted by Crippen LogP contribution is -2.10. The van der Waals surface area contributed by atoms with Gasteiger partial charge in [0.1, 0.15) is 0 Å². The Morgan fingerprint density at radius 2 is 1.86 bits per heavy atom. The van der Waals surface area contributed by atoms with Crippen molar-refractivity contribution in [2.75, 3.05) is 12.8 Å². The molecule has 0 aliphatic rings.